The third-order valence-electron chi connectivity index (χ3n) is 2.24. The molecular formula is C8H10N6O6. The summed E-state index contributed by atoms with van der Waals surface area (Å²) in [6.07, 6.45) is -1.69. The molecule has 2 saturated heterocycles. The molecule has 7 amide bonds. The van der Waals surface area contributed by atoms with Gasteiger partial charge in [-0.3, -0.25) is 35.3 Å². The Labute approximate surface area is 110 Å². The molecule has 2 fully saturated rings. The molecule has 0 aliphatic carbocycles. The van der Waals surface area contributed by atoms with E-state index in [9.17, 15) is 29.1 Å². The van der Waals surface area contributed by atoms with Gasteiger partial charge in [-0.05, 0) is 0 Å². The summed E-state index contributed by atoms with van der Waals surface area (Å²) >= 11 is 0. The fourth-order valence-corrected chi connectivity index (χ4v) is 1.42. The maximum Gasteiger partial charge on any atom is 0.328 e. The van der Waals surface area contributed by atoms with Gasteiger partial charge in [0.1, 0.15) is 0 Å². The van der Waals surface area contributed by atoms with Crippen LogP contribution in [0.5, 0.6) is 0 Å². The van der Waals surface area contributed by atoms with Crippen molar-refractivity contribution in [3.05, 3.63) is 0 Å². The average molecular weight is 286 g/mol. The number of imide groups is 3. The number of urea groups is 2. The minimum absolute atomic E-state index is 0. The Hall–Kier alpha value is -2.86. The molecule has 2 unspecified atom stereocenters. The number of carbonyl (C=O) groups excluding carboxylic acids is 5. The first-order valence-corrected chi connectivity index (χ1v) is 4.92. The standard InChI is InChI=1S/C8H7N5O6.H3N/c14-3-1(4(15)11-7(18)10-3)9-2-5(16)12-8(19)13-6(2)17;/h1,3,14H,(H2,10,11,15,18)(H2,12,13,16,17,19);1H3. The Kier molecular flexibility index (Phi) is 4.11. The van der Waals surface area contributed by atoms with Gasteiger partial charge in [0.15, 0.2) is 18.0 Å². The highest BCUT2D eigenvalue weighted by atomic mass is 16.3. The zero-order valence-electron chi connectivity index (χ0n) is 9.80. The van der Waals surface area contributed by atoms with Gasteiger partial charge in [0.2, 0.25) is 0 Å². The third-order valence-corrected chi connectivity index (χ3v) is 2.24. The van der Waals surface area contributed by atoms with Crippen LogP contribution in [0.4, 0.5) is 9.59 Å². The van der Waals surface area contributed by atoms with Crippen molar-refractivity contribution in [1.29, 1.82) is 0 Å². The first kappa shape index (κ1) is 15.2. The zero-order chi connectivity index (χ0) is 14.2. The molecule has 0 spiro atoms. The van der Waals surface area contributed by atoms with Crippen LogP contribution in [0, 0.1) is 0 Å². The molecule has 12 heteroatoms. The molecule has 20 heavy (non-hydrogen) atoms. The lowest BCUT2D eigenvalue weighted by atomic mass is 10.2. The second kappa shape index (κ2) is 5.41. The van der Waals surface area contributed by atoms with E-state index in [4.69, 9.17) is 0 Å². The predicted molar refractivity (Wildman–Crippen MR) is 60.6 cm³/mol. The Balaban J connectivity index is 0.00000200. The SMILES string of the molecule is N.O=C1NC(=O)C(=NC2C(=O)NC(=O)NC2O)C(=O)N1. The molecule has 2 aliphatic heterocycles. The number of aliphatic hydroxyl groups excluding tert-OH is 1. The molecule has 2 aliphatic rings. The molecule has 0 aromatic heterocycles. The van der Waals surface area contributed by atoms with Crippen LogP contribution in [0.1, 0.15) is 0 Å². The zero-order valence-corrected chi connectivity index (χ0v) is 9.80. The summed E-state index contributed by atoms with van der Waals surface area (Å²) in [6, 6.07) is -3.52. The number of carbonyl (C=O) groups is 5. The smallest absolute Gasteiger partial charge is 0.328 e. The Morgan fingerprint density at radius 1 is 0.900 bits per heavy atom. The van der Waals surface area contributed by atoms with Gasteiger partial charge in [-0.2, -0.15) is 0 Å². The van der Waals surface area contributed by atoms with Crippen LogP contribution in [0.25, 0.3) is 0 Å². The maximum atomic E-state index is 11.4. The highest BCUT2D eigenvalue weighted by Gasteiger charge is 2.37. The van der Waals surface area contributed by atoms with Crippen LogP contribution in [-0.2, 0) is 14.4 Å². The largest absolute Gasteiger partial charge is 0.371 e. The number of hydrogen-bond acceptors (Lipinski definition) is 8. The highest BCUT2D eigenvalue weighted by Crippen LogP contribution is 2.04. The van der Waals surface area contributed by atoms with Crippen molar-refractivity contribution in [2.45, 2.75) is 12.3 Å². The van der Waals surface area contributed by atoms with Crippen LogP contribution in [0.2, 0.25) is 0 Å². The molecule has 0 aromatic carbocycles. The van der Waals surface area contributed by atoms with Crippen LogP contribution < -0.4 is 27.4 Å². The average Bonchev–Trinajstić information content (AvgIpc) is 2.25. The van der Waals surface area contributed by atoms with Gasteiger partial charge >= 0.3 is 12.1 Å². The molecular weight excluding hydrogens is 276 g/mol. The molecule has 0 aromatic rings. The number of nitrogens with zero attached hydrogens (tertiary/aromatic N) is 1. The summed E-state index contributed by atoms with van der Waals surface area (Å²) < 4.78 is 0. The van der Waals surface area contributed by atoms with Crippen LogP contribution in [0.15, 0.2) is 4.99 Å². The monoisotopic (exact) mass is 286 g/mol. The van der Waals surface area contributed by atoms with Gasteiger partial charge in [-0.15, -0.1) is 0 Å². The lowest BCUT2D eigenvalue weighted by Crippen LogP contribution is -2.62. The number of aliphatic hydroxyl groups is 1. The summed E-state index contributed by atoms with van der Waals surface area (Å²) in [5, 5.41) is 16.7. The summed E-state index contributed by atoms with van der Waals surface area (Å²) in [7, 11) is 0. The van der Waals surface area contributed by atoms with E-state index in [-0.39, 0.29) is 6.15 Å². The van der Waals surface area contributed by atoms with Gasteiger partial charge in [-0.1, -0.05) is 0 Å². The Morgan fingerprint density at radius 3 is 1.95 bits per heavy atom. The third kappa shape index (κ3) is 2.76. The Bertz CT molecular complexity index is 520. The minimum Gasteiger partial charge on any atom is -0.371 e. The van der Waals surface area contributed by atoms with Crippen molar-refractivity contribution in [3.8, 4) is 0 Å². The quantitative estimate of drug-likeness (QED) is 0.286. The molecule has 2 heterocycles. The summed E-state index contributed by atoms with van der Waals surface area (Å²) in [5.41, 5.74) is -0.755. The summed E-state index contributed by atoms with van der Waals surface area (Å²) in [6.45, 7) is 0. The number of aliphatic imine (C=N–C) groups is 1. The first-order valence-electron chi connectivity index (χ1n) is 4.92. The van der Waals surface area contributed by atoms with E-state index < -0.39 is 47.8 Å². The predicted octanol–water partition coefficient (Wildman–Crippen LogP) is -3.52. The molecule has 0 radical (unpaired) electrons. The topological polar surface area (TPSA) is 201 Å². The fourth-order valence-electron chi connectivity index (χ4n) is 1.42. The second-order valence-electron chi connectivity index (χ2n) is 3.57. The maximum absolute atomic E-state index is 11.4. The van der Waals surface area contributed by atoms with E-state index in [0.29, 0.717) is 0 Å². The first-order chi connectivity index (χ1) is 8.88. The highest BCUT2D eigenvalue weighted by molar-refractivity contribution is 6.69. The van der Waals surface area contributed by atoms with Crippen LogP contribution in [-0.4, -0.2) is 52.9 Å². The summed E-state index contributed by atoms with van der Waals surface area (Å²) in [5.74, 6) is -3.20. The lowest BCUT2D eigenvalue weighted by molar-refractivity contribution is -0.125. The molecule has 0 bridgehead atoms. The number of barbiturate groups is 1. The van der Waals surface area contributed by atoms with E-state index in [1.54, 1.807) is 16.0 Å². The minimum atomic E-state index is -1.69. The van der Waals surface area contributed by atoms with Gasteiger partial charge in [0, 0.05) is 0 Å². The van der Waals surface area contributed by atoms with Gasteiger partial charge < -0.3 is 16.6 Å². The van der Waals surface area contributed by atoms with E-state index in [1.807, 2.05) is 5.32 Å². The van der Waals surface area contributed by atoms with E-state index in [2.05, 4.69) is 4.99 Å². The van der Waals surface area contributed by atoms with Crippen LogP contribution in [0.3, 0.4) is 0 Å². The normalized spacial score (nSPS) is 25.9. The summed E-state index contributed by atoms with van der Waals surface area (Å²) in [4.78, 5) is 59.2. The molecule has 2 rings (SSSR count). The second-order valence-corrected chi connectivity index (χ2v) is 3.57. The molecule has 108 valence electrons. The molecule has 2 atom stereocenters. The fraction of sp³-hybridized carbons (Fsp3) is 0.250. The number of nitrogens with one attached hydrogen (secondary N) is 4. The van der Waals surface area contributed by atoms with E-state index in [1.165, 1.54) is 0 Å². The van der Waals surface area contributed by atoms with Crippen molar-refractivity contribution in [2.24, 2.45) is 4.99 Å². The van der Waals surface area contributed by atoms with Crippen molar-refractivity contribution in [1.82, 2.24) is 27.4 Å². The van der Waals surface area contributed by atoms with Crippen molar-refractivity contribution >= 4 is 35.5 Å². The number of hydrogen-bond donors (Lipinski definition) is 6. The van der Waals surface area contributed by atoms with E-state index in [0.717, 1.165) is 0 Å². The Morgan fingerprint density at radius 2 is 1.45 bits per heavy atom. The van der Waals surface area contributed by atoms with Crippen molar-refractivity contribution < 1.29 is 29.1 Å². The van der Waals surface area contributed by atoms with Gasteiger partial charge in [0.25, 0.3) is 17.7 Å². The van der Waals surface area contributed by atoms with Crippen molar-refractivity contribution in [2.75, 3.05) is 0 Å². The van der Waals surface area contributed by atoms with Gasteiger partial charge in [0.05, 0.1) is 0 Å². The van der Waals surface area contributed by atoms with Crippen molar-refractivity contribution in [3.63, 3.8) is 0 Å². The van der Waals surface area contributed by atoms with Gasteiger partial charge in [-0.25, -0.2) is 9.59 Å². The molecule has 8 N–H and O–H groups in total. The lowest BCUT2D eigenvalue weighted by Gasteiger charge is -2.25. The number of rotatable bonds is 1. The van der Waals surface area contributed by atoms with Crippen LogP contribution >= 0.6 is 0 Å². The molecule has 0 saturated carbocycles. The molecule has 12 nitrogen and oxygen atoms in total. The number of amides is 7. The van der Waals surface area contributed by atoms with E-state index >= 15 is 0 Å².